The number of aromatic nitrogens is 3. The lowest BCUT2D eigenvalue weighted by Crippen LogP contribution is -2.15. The van der Waals surface area contributed by atoms with Crippen LogP contribution in [0.25, 0.3) is 10.9 Å². The molecule has 0 saturated carbocycles. The van der Waals surface area contributed by atoms with E-state index in [9.17, 15) is 8.42 Å². The van der Waals surface area contributed by atoms with Gasteiger partial charge in [-0.2, -0.15) is 5.10 Å². The molecule has 0 unspecified atom stereocenters. The van der Waals surface area contributed by atoms with Gasteiger partial charge in [0, 0.05) is 11.6 Å². The minimum atomic E-state index is -3.71. The van der Waals surface area contributed by atoms with E-state index >= 15 is 0 Å². The van der Waals surface area contributed by atoms with Crippen LogP contribution in [0.1, 0.15) is 11.4 Å². The van der Waals surface area contributed by atoms with E-state index in [0.29, 0.717) is 22.6 Å². The lowest BCUT2D eigenvalue weighted by atomic mass is 10.2. The van der Waals surface area contributed by atoms with E-state index < -0.39 is 10.0 Å². The summed E-state index contributed by atoms with van der Waals surface area (Å²) in [6, 6.07) is 9.06. The number of hydrogen-bond acceptors (Lipinski definition) is 4. The third-order valence-electron chi connectivity index (χ3n) is 3.21. The van der Waals surface area contributed by atoms with Gasteiger partial charge in [0.1, 0.15) is 4.90 Å². The van der Waals surface area contributed by atoms with E-state index in [2.05, 4.69) is 19.9 Å². The number of sulfonamides is 1. The number of aryl methyl sites for hydroxylation is 2. The number of aromatic amines is 1. The van der Waals surface area contributed by atoms with Gasteiger partial charge in [0.05, 0.1) is 22.6 Å². The van der Waals surface area contributed by atoms with Crippen LogP contribution in [0.15, 0.2) is 41.4 Å². The Morgan fingerprint density at radius 1 is 1.14 bits per heavy atom. The van der Waals surface area contributed by atoms with E-state index in [-0.39, 0.29) is 4.90 Å². The number of nitrogens with one attached hydrogen (secondary N) is 2. The van der Waals surface area contributed by atoms with Crippen molar-refractivity contribution >= 4 is 26.6 Å². The van der Waals surface area contributed by atoms with Gasteiger partial charge in [0.25, 0.3) is 10.0 Å². The molecule has 7 heteroatoms. The fourth-order valence-electron chi connectivity index (χ4n) is 2.32. The molecule has 0 fully saturated rings. The van der Waals surface area contributed by atoms with Crippen LogP contribution in [0.4, 0.5) is 5.69 Å². The SMILES string of the molecule is Cc1n[nH]c(C)c1S(=O)(=O)Nc1cccc2cccnc12. The maximum atomic E-state index is 12.5. The Kier molecular flexibility index (Phi) is 3.13. The van der Waals surface area contributed by atoms with E-state index in [4.69, 9.17) is 0 Å². The molecule has 2 N–H and O–H groups in total. The quantitative estimate of drug-likeness (QED) is 0.777. The lowest BCUT2D eigenvalue weighted by molar-refractivity contribution is 0.600. The summed E-state index contributed by atoms with van der Waals surface area (Å²) in [6.07, 6.45) is 1.63. The largest absolute Gasteiger partial charge is 0.281 e. The summed E-state index contributed by atoms with van der Waals surface area (Å²) in [7, 11) is -3.71. The third kappa shape index (κ3) is 2.36. The molecule has 0 radical (unpaired) electrons. The van der Waals surface area contributed by atoms with Gasteiger partial charge < -0.3 is 0 Å². The number of benzene rings is 1. The molecule has 0 bridgehead atoms. The van der Waals surface area contributed by atoms with Crippen molar-refractivity contribution < 1.29 is 8.42 Å². The van der Waals surface area contributed by atoms with Gasteiger partial charge in [0.15, 0.2) is 0 Å². The molecule has 0 aliphatic carbocycles. The van der Waals surface area contributed by atoms with Gasteiger partial charge in [-0.3, -0.25) is 14.8 Å². The summed E-state index contributed by atoms with van der Waals surface area (Å²) < 4.78 is 27.7. The zero-order valence-electron chi connectivity index (χ0n) is 11.6. The Labute approximate surface area is 122 Å². The van der Waals surface area contributed by atoms with Gasteiger partial charge in [-0.05, 0) is 26.0 Å². The maximum Gasteiger partial charge on any atom is 0.265 e. The normalized spacial score (nSPS) is 11.7. The standard InChI is InChI=1S/C14H14N4O2S/c1-9-14(10(2)17-16-9)21(19,20)18-12-7-3-5-11-6-4-8-15-13(11)12/h3-8,18H,1-2H3,(H,16,17). The number of H-pyrrole nitrogens is 1. The van der Waals surface area contributed by atoms with Crippen LogP contribution in [0.5, 0.6) is 0 Å². The summed E-state index contributed by atoms with van der Waals surface area (Å²) in [5, 5.41) is 7.48. The van der Waals surface area contributed by atoms with Crippen molar-refractivity contribution in [1.82, 2.24) is 15.2 Å². The summed E-state index contributed by atoms with van der Waals surface area (Å²) in [4.78, 5) is 4.42. The van der Waals surface area contributed by atoms with Crippen LogP contribution in [0.2, 0.25) is 0 Å². The number of nitrogens with zero attached hydrogens (tertiary/aromatic N) is 2. The number of para-hydroxylation sites is 1. The molecular weight excluding hydrogens is 288 g/mol. The third-order valence-corrected chi connectivity index (χ3v) is 4.83. The molecule has 6 nitrogen and oxygen atoms in total. The Hall–Kier alpha value is -2.41. The number of pyridine rings is 1. The molecule has 0 aliphatic heterocycles. The Balaban J connectivity index is 2.10. The van der Waals surface area contributed by atoms with Crippen molar-refractivity contribution in [3.05, 3.63) is 47.9 Å². The minimum Gasteiger partial charge on any atom is -0.281 e. The average Bonchev–Trinajstić information content (AvgIpc) is 2.79. The van der Waals surface area contributed by atoms with E-state index in [1.165, 1.54) is 0 Å². The monoisotopic (exact) mass is 302 g/mol. The lowest BCUT2D eigenvalue weighted by Gasteiger charge is -2.10. The van der Waals surface area contributed by atoms with Crippen molar-refractivity contribution in [3.8, 4) is 0 Å². The maximum absolute atomic E-state index is 12.5. The first-order valence-electron chi connectivity index (χ1n) is 6.37. The molecule has 0 amide bonds. The van der Waals surface area contributed by atoms with Crippen LogP contribution >= 0.6 is 0 Å². The molecule has 0 aliphatic rings. The first-order valence-corrected chi connectivity index (χ1v) is 7.85. The van der Waals surface area contributed by atoms with Crippen molar-refractivity contribution in [2.24, 2.45) is 0 Å². The second-order valence-electron chi connectivity index (χ2n) is 4.75. The topological polar surface area (TPSA) is 87.7 Å². The Bertz CT molecular complexity index is 891. The fourth-order valence-corrected chi connectivity index (χ4v) is 3.76. The van der Waals surface area contributed by atoms with Crippen LogP contribution in [-0.4, -0.2) is 23.6 Å². The molecule has 0 atom stereocenters. The van der Waals surface area contributed by atoms with Gasteiger partial charge >= 0.3 is 0 Å². The summed E-state index contributed by atoms with van der Waals surface area (Å²) in [6.45, 7) is 3.33. The van der Waals surface area contributed by atoms with Crippen molar-refractivity contribution in [2.75, 3.05) is 4.72 Å². The van der Waals surface area contributed by atoms with Crippen molar-refractivity contribution in [1.29, 1.82) is 0 Å². The smallest absolute Gasteiger partial charge is 0.265 e. The molecule has 3 aromatic rings. The molecule has 0 saturated heterocycles. The molecule has 2 heterocycles. The molecule has 3 rings (SSSR count). The van der Waals surface area contributed by atoms with Gasteiger partial charge in [0.2, 0.25) is 0 Å². The number of anilines is 1. The van der Waals surface area contributed by atoms with E-state index in [1.807, 2.05) is 18.2 Å². The van der Waals surface area contributed by atoms with E-state index in [0.717, 1.165) is 5.39 Å². The zero-order chi connectivity index (χ0) is 15.0. The van der Waals surface area contributed by atoms with Gasteiger partial charge in [-0.15, -0.1) is 0 Å². The fraction of sp³-hybridized carbons (Fsp3) is 0.143. The molecule has 1 aromatic carbocycles. The number of rotatable bonds is 3. The predicted octanol–water partition coefficient (Wildman–Crippen LogP) is 2.38. The highest BCUT2D eigenvalue weighted by molar-refractivity contribution is 7.92. The Morgan fingerprint density at radius 3 is 2.62 bits per heavy atom. The minimum absolute atomic E-state index is 0.176. The van der Waals surface area contributed by atoms with Gasteiger partial charge in [-0.1, -0.05) is 18.2 Å². The second-order valence-corrected chi connectivity index (χ2v) is 6.37. The Morgan fingerprint density at radius 2 is 1.90 bits per heavy atom. The summed E-state index contributed by atoms with van der Waals surface area (Å²) >= 11 is 0. The number of fused-ring (bicyclic) bond motifs is 1. The highest BCUT2D eigenvalue weighted by Crippen LogP contribution is 2.25. The van der Waals surface area contributed by atoms with Crippen LogP contribution in [-0.2, 0) is 10.0 Å². The molecule has 108 valence electrons. The second kappa shape index (κ2) is 4.85. The van der Waals surface area contributed by atoms with Gasteiger partial charge in [-0.25, -0.2) is 8.42 Å². The molecule has 0 spiro atoms. The van der Waals surface area contributed by atoms with Crippen LogP contribution in [0.3, 0.4) is 0 Å². The first-order chi connectivity index (χ1) is 9.99. The van der Waals surface area contributed by atoms with Crippen molar-refractivity contribution in [3.63, 3.8) is 0 Å². The van der Waals surface area contributed by atoms with Crippen LogP contribution in [0, 0.1) is 13.8 Å². The molecule has 21 heavy (non-hydrogen) atoms. The molecular formula is C14H14N4O2S. The van der Waals surface area contributed by atoms with E-state index in [1.54, 1.807) is 32.2 Å². The summed E-state index contributed by atoms with van der Waals surface area (Å²) in [5.74, 6) is 0. The van der Waals surface area contributed by atoms with Crippen molar-refractivity contribution in [2.45, 2.75) is 18.7 Å². The predicted molar refractivity (Wildman–Crippen MR) is 80.6 cm³/mol. The first kappa shape index (κ1) is 13.6. The highest BCUT2D eigenvalue weighted by Gasteiger charge is 2.23. The molecule has 2 aromatic heterocycles. The van der Waals surface area contributed by atoms with Crippen LogP contribution < -0.4 is 4.72 Å². The average molecular weight is 302 g/mol. The highest BCUT2D eigenvalue weighted by atomic mass is 32.2. The zero-order valence-corrected chi connectivity index (χ0v) is 12.4. The number of hydrogen-bond donors (Lipinski definition) is 2. The summed E-state index contributed by atoms with van der Waals surface area (Å²) in [5.41, 5.74) is 2.01.